The van der Waals surface area contributed by atoms with Gasteiger partial charge >= 0.3 is 0 Å². The number of amidine groups is 1. The quantitative estimate of drug-likeness (QED) is 0.520. The second-order valence-electron chi connectivity index (χ2n) is 8.96. The zero-order chi connectivity index (χ0) is 22.6. The van der Waals surface area contributed by atoms with Gasteiger partial charge in [-0.3, -0.25) is 4.98 Å². The topological polar surface area (TPSA) is 88.2 Å². The molecule has 1 spiro atoms. The summed E-state index contributed by atoms with van der Waals surface area (Å²) in [4.78, 5) is 9.06. The van der Waals surface area contributed by atoms with Crippen molar-refractivity contribution in [2.75, 3.05) is 19.8 Å². The number of fused-ring (bicyclic) bond motifs is 4. The summed E-state index contributed by atoms with van der Waals surface area (Å²) in [5, 5.41) is -0.511. The van der Waals surface area contributed by atoms with Gasteiger partial charge in [0.2, 0.25) is 0 Å². The largest absolute Gasteiger partial charge is 0.493 e. The van der Waals surface area contributed by atoms with Crippen molar-refractivity contribution in [3.63, 3.8) is 0 Å². The van der Waals surface area contributed by atoms with Gasteiger partial charge in [0.25, 0.3) is 6.02 Å². The van der Waals surface area contributed by atoms with Gasteiger partial charge < -0.3 is 24.7 Å². The molecule has 6 rings (SSSR count). The number of ether oxygens (including phenoxy) is 4. The van der Waals surface area contributed by atoms with Crippen LogP contribution in [-0.2, 0) is 15.0 Å². The maximum atomic E-state index is 6.29. The monoisotopic (exact) mass is 507 g/mol. The highest BCUT2D eigenvalue weighted by Crippen LogP contribution is 2.56. The lowest BCUT2D eigenvalue weighted by atomic mass is 9.80. The molecule has 1 unspecified atom stereocenters. The molecule has 0 aliphatic carbocycles. The van der Waals surface area contributed by atoms with Gasteiger partial charge in [0, 0.05) is 34.5 Å². The van der Waals surface area contributed by atoms with Gasteiger partial charge in [-0.2, -0.15) is 0 Å². The second-order valence-corrected chi connectivity index (χ2v) is 9.79. The lowest BCUT2D eigenvalue weighted by Crippen LogP contribution is -2.44. The van der Waals surface area contributed by atoms with Crippen molar-refractivity contribution in [3.05, 3.63) is 72.1 Å². The van der Waals surface area contributed by atoms with Crippen molar-refractivity contribution in [3.8, 4) is 28.4 Å². The number of hydrogen-bond donors (Lipinski definition) is 1. The molecule has 168 valence electrons. The fourth-order valence-corrected chi connectivity index (χ4v) is 5.26. The maximum absolute atomic E-state index is 6.29. The summed E-state index contributed by atoms with van der Waals surface area (Å²) >= 11 is 3.69. The van der Waals surface area contributed by atoms with Crippen molar-refractivity contribution >= 4 is 22.0 Å². The van der Waals surface area contributed by atoms with Crippen LogP contribution in [0.2, 0.25) is 0 Å². The van der Waals surface area contributed by atoms with Crippen molar-refractivity contribution < 1.29 is 18.9 Å². The average molecular weight is 508 g/mol. The van der Waals surface area contributed by atoms with Crippen LogP contribution in [0.25, 0.3) is 11.1 Å². The minimum absolute atomic E-state index is 0.0340. The fraction of sp³-hybridized carbons (Fsp3) is 0.280. The number of benzene rings is 2. The van der Waals surface area contributed by atoms with Crippen LogP contribution in [0, 0.1) is 5.41 Å². The molecule has 7 nitrogen and oxygen atoms in total. The first-order valence-corrected chi connectivity index (χ1v) is 11.6. The van der Waals surface area contributed by atoms with E-state index in [1.165, 1.54) is 0 Å². The molecule has 1 aromatic heterocycles. The van der Waals surface area contributed by atoms with Crippen molar-refractivity contribution in [1.29, 1.82) is 0 Å². The minimum atomic E-state index is -0.923. The zero-order valence-corrected chi connectivity index (χ0v) is 19.5. The predicted octanol–water partition coefficient (Wildman–Crippen LogP) is 4.58. The van der Waals surface area contributed by atoms with Crippen LogP contribution < -0.4 is 15.2 Å². The smallest absolute Gasteiger partial charge is 0.284 e. The number of nitrogens with two attached hydrogens (primary N) is 1. The third-order valence-corrected chi connectivity index (χ3v) is 7.14. The van der Waals surface area contributed by atoms with E-state index in [4.69, 9.17) is 29.7 Å². The molecule has 0 saturated carbocycles. The highest BCUT2D eigenvalue weighted by molar-refractivity contribution is 9.09. The van der Waals surface area contributed by atoms with Crippen LogP contribution in [0.1, 0.15) is 18.1 Å². The van der Waals surface area contributed by atoms with Gasteiger partial charge in [-0.15, -0.1) is 0 Å². The summed E-state index contributed by atoms with van der Waals surface area (Å²) in [6.07, 6.45) is 3.59. The Hall–Kier alpha value is -3.10. The number of aromatic nitrogens is 1. The van der Waals surface area contributed by atoms with Gasteiger partial charge in [0.05, 0.1) is 19.8 Å². The molecule has 0 bridgehead atoms. The Bertz CT molecular complexity index is 1260. The molecule has 4 heterocycles. The second kappa shape index (κ2) is 7.46. The Balaban J connectivity index is 1.47. The van der Waals surface area contributed by atoms with Gasteiger partial charge in [0.1, 0.15) is 17.2 Å². The van der Waals surface area contributed by atoms with Crippen LogP contribution in [0.5, 0.6) is 17.2 Å². The van der Waals surface area contributed by atoms with E-state index in [-0.39, 0.29) is 11.4 Å². The van der Waals surface area contributed by atoms with E-state index in [0.29, 0.717) is 31.3 Å². The van der Waals surface area contributed by atoms with Crippen LogP contribution in [0.15, 0.2) is 65.9 Å². The Morgan fingerprint density at radius 2 is 1.88 bits per heavy atom. The molecule has 0 radical (unpaired) electrons. The van der Waals surface area contributed by atoms with Crippen LogP contribution in [0.3, 0.4) is 0 Å². The summed E-state index contributed by atoms with van der Waals surface area (Å²) in [5.41, 5.74) is 8.87. The lowest BCUT2D eigenvalue weighted by Gasteiger charge is -2.38. The van der Waals surface area contributed by atoms with E-state index in [1.54, 1.807) is 6.20 Å². The molecule has 0 amide bonds. The Labute approximate surface area is 199 Å². The molecular formula is C25H22BrN3O4. The Morgan fingerprint density at radius 3 is 2.55 bits per heavy atom. The van der Waals surface area contributed by atoms with Crippen molar-refractivity contribution in [2.45, 2.75) is 17.5 Å². The first-order chi connectivity index (χ1) is 16.0. The summed E-state index contributed by atoms with van der Waals surface area (Å²) in [6, 6.07) is 15.9. The number of hydrogen-bond acceptors (Lipinski definition) is 7. The predicted molar refractivity (Wildman–Crippen MR) is 127 cm³/mol. The highest BCUT2D eigenvalue weighted by Gasteiger charge is 2.53. The van der Waals surface area contributed by atoms with E-state index >= 15 is 0 Å². The van der Waals surface area contributed by atoms with Crippen molar-refractivity contribution in [1.82, 2.24) is 4.98 Å². The summed E-state index contributed by atoms with van der Waals surface area (Å²) in [5.74, 6) is 2.13. The van der Waals surface area contributed by atoms with E-state index in [1.807, 2.05) is 48.7 Å². The molecular weight excluding hydrogens is 486 g/mol. The average Bonchev–Trinajstić information content (AvgIpc) is 3.11. The SMILES string of the molecule is CC1(COc2ccc3c(c2)C2(N=C(N)O[C@H]2Br)c2cc(-c4cccnc4)ccc2O3)COC1. The molecule has 1 fully saturated rings. The fourth-order valence-electron chi connectivity index (χ4n) is 4.48. The Kier molecular flexibility index (Phi) is 4.64. The lowest BCUT2D eigenvalue weighted by molar-refractivity contribution is -0.120. The van der Waals surface area contributed by atoms with Gasteiger partial charge in [-0.25, -0.2) is 4.99 Å². The summed E-state index contributed by atoms with van der Waals surface area (Å²) in [6.45, 7) is 4.13. The number of pyridine rings is 1. The normalized spacial score (nSPS) is 24.1. The van der Waals surface area contributed by atoms with E-state index < -0.39 is 10.6 Å². The molecule has 3 aromatic rings. The molecule has 1 saturated heterocycles. The summed E-state index contributed by atoms with van der Waals surface area (Å²) in [7, 11) is 0. The van der Waals surface area contributed by atoms with Gasteiger partial charge in [-0.1, -0.05) is 19.1 Å². The number of halogens is 1. The molecule has 2 aromatic carbocycles. The first-order valence-electron chi connectivity index (χ1n) is 10.7. The van der Waals surface area contributed by atoms with E-state index in [0.717, 1.165) is 28.0 Å². The standard InChI is InChI=1S/C25H22BrN3O4/c1-24(12-30-13-24)14-31-17-5-7-21-19(10-17)25(22(26)33-23(27)29-25)18-9-15(4-6-20(18)32-21)16-3-2-8-28-11-16/h2-11,22H,12-14H2,1H3,(H2,27,29)/t22-,25?/m1/s1. The number of aliphatic imine (C=N–C) groups is 1. The van der Waals surface area contributed by atoms with Crippen LogP contribution in [-0.4, -0.2) is 35.8 Å². The molecule has 2 N–H and O–H groups in total. The third-order valence-electron chi connectivity index (χ3n) is 6.29. The van der Waals surface area contributed by atoms with Gasteiger partial charge in [0.15, 0.2) is 10.6 Å². The number of nitrogens with zero attached hydrogens (tertiary/aromatic N) is 2. The first kappa shape index (κ1) is 20.5. The highest BCUT2D eigenvalue weighted by atomic mass is 79.9. The van der Waals surface area contributed by atoms with Crippen LogP contribution >= 0.6 is 15.9 Å². The summed E-state index contributed by atoms with van der Waals surface area (Å²) < 4.78 is 23.6. The molecule has 2 atom stereocenters. The number of rotatable bonds is 4. The van der Waals surface area contributed by atoms with Crippen molar-refractivity contribution in [2.24, 2.45) is 16.1 Å². The Morgan fingerprint density at radius 1 is 1.09 bits per heavy atom. The molecule has 33 heavy (non-hydrogen) atoms. The minimum Gasteiger partial charge on any atom is -0.493 e. The molecule has 3 aliphatic rings. The van der Waals surface area contributed by atoms with E-state index in [9.17, 15) is 0 Å². The molecule has 3 aliphatic heterocycles. The van der Waals surface area contributed by atoms with E-state index in [2.05, 4.69) is 33.9 Å². The maximum Gasteiger partial charge on any atom is 0.284 e. The zero-order valence-electron chi connectivity index (χ0n) is 18.0. The third kappa shape index (κ3) is 3.28. The number of alkyl halides is 1. The van der Waals surface area contributed by atoms with Gasteiger partial charge in [-0.05, 0) is 57.9 Å². The molecule has 8 heteroatoms. The van der Waals surface area contributed by atoms with Crippen LogP contribution in [0.4, 0.5) is 0 Å².